The first kappa shape index (κ1) is 12.7. The molecule has 2 aromatic carbocycles. The summed E-state index contributed by atoms with van der Waals surface area (Å²) in [5.74, 6) is 0.910. The van der Waals surface area contributed by atoms with Gasteiger partial charge in [0.2, 0.25) is 0 Å². The Balaban J connectivity index is 2.54. The van der Waals surface area contributed by atoms with E-state index in [1.165, 1.54) is 10.8 Å². The van der Waals surface area contributed by atoms with E-state index in [-0.39, 0.29) is 0 Å². The zero-order valence-corrected chi connectivity index (χ0v) is 11.1. The summed E-state index contributed by atoms with van der Waals surface area (Å²) < 4.78 is 5.45. The summed E-state index contributed by atoms with van der Waals surface area (Å²) in [4.78, 5) is 0. The van der Waals surface area contributed by atoms with Crippen molar-refractivity contribution in [3.8, 4) is 5.75 Å². The quantitative estimate of drug-likeness (QED) is 0.885. The standard InChI is InChI=1S/C16H19NO/c1-12(17-2)8-10-15-14-7-5-4-6-13(14)9-11-16(15)18-3/h4-12,17H,1-3H3/b10-8+. The number of hydrogen-bond acceptors (Lipinski definition) is 2. The summed E-state index contributed by atoms with van der Waals surface area (Å²) in [5, 5.41) is 5.64. The smallest absolute Gasteiger partial charge is 0.126 e. The van der Waals surface area contributed by atoms with Crippen LogP contribution in [0.4, 0.5) is 0 Å². The van der Waals surface area contributed by atoms with Crippen molar-refractivity contribution < 1.29 is 4.74 Å². The SMILES string of the molecule is CNC(C)/C=C/c1c(OC)ccc2ccccc12. The van der Waals surface area contributed by atoms with Gasteiger partial charge < -0.3 is 10.1 Å². The molecule has 2 heteroatoms. The van der Waals surface area contributed by atoms with Gasteiger partial charge in [-0.25, -0.2) is 0 Å². The van der Waals surface area contributed by atoms with Gasteiger partial charge in [-0.15, -0.1) is 0 Å². The molecule has 0 amide bonds. The molecule has 0 bridgehead atoms. The molecule has 2 aromatic rings. The fourth-order valence-corrected chi connectivity index (χ4v) is 1.96. The maximum absolute atomic E-state index is 5.45. The summed E-state index contributed by atoms with van der Waals surface area (Å²) in [7, 11) is 3.66. The van der Waals surface area contributed by atoms with Crippen molar-refractivity contribution in [3.05, 3.63) is 48.0 Å². The van der Waals surface area contributed by atoms with Crippen molar-refractivity contribution in [2.45, 2.75) is 13.0 Å². The van der Waals surface area contributed by atoms with E-state index in [1.54, 1.807) is 7.11 Å². The van der Waals surface area contributed by atoms with Gasteiger partial charge in [-0.3, -0.25) is 0 Å². The van der Waals surface area contributed by atoms with Crippen LogP contribution in [0.3, 0.4) is 0 Å². The predicted molar refractivity (Wildman–Crippen MR) is 78.1 cm³/mol. The minimum Gasteiger partial charge on any atom is -0.496 e. The van der Waals surface area contributed by atoms with Crippen molar-refractivity contribution in [1.82, 2.24) is 5.32 Å². The number of fused-ring (bicyclic) bond motifs is 1. The average Bonchev–Trinajstić information content (AvgIpc) is 2.44. The third-order valence-corrected chi connectivity index (χ3v) is 3.16. The van der Waals surface area contributed by atoms with Crippen LogP contribution >= 0.6 is 0 Å². The fraction of sp³-hybridized carbons (Fsp3) is 0.250. The number of rotatable bonds is 4. The molecule has 2 rings (SSSR count). The third kappa shape index (κ3) is 2.54. The number of ether oxygens (including phenoxy) is 1. The van der Waals surface area contributed by atoms with Gasteiger partial charge in [-0.05, 0) is 30.8 Å². The Morgan fingerprint density at radius 3 is 2.67 bits per heavy atom. The topological polar surface area (TPSA) is 21.3 Å². The lowest BCUT2D eigenvalue weighted by Gasteiger charge is -2.10. The molecule has 1 N–H and O–H groups in total. The van der Waals surface area contributed by atoms with E-state index in [0.29, 0.717) is 6.04 Å². The van der Waals surface area contributed by atoms with Gasteiger partial charge in [-0.2, -0.15) is 0 Å². The fourth-order valence-electron chi connectivity index (χ4n) is 1.96. The Kier molecular flexibility index (Phi) is 4.00. The third-order valence-electron chi connectivity index (χ3n) is 3.16. The second-order valence-corrected chi connectivity index (χ2v) is 4.34. The lowest BCUT2D eigenvalue weighted by molar-refractivity contribution is 0.414. The molecule has 0 saturated carbocycles. The minimum absolute atomic E-state index is 0.341. The number of hydrogen-bond donors (Lipinski definition) is 1. The van der Waals surface area contributed by atoms with Crippen molar-refractivity contribution in [1.29, 1.82) is 0 Å². The molecule has 0 aliphatic carbocycles. The molecule has 0 radical (unpaired) electrons. The van der Waals surface area contributed by atoms with Gasteiger partial charge in [0.15, 0.2) is 0 Å². The zero-order chi connectivity index (χ0) is 13.0. The summed E-state index contributed by atoms with van der Waals surface area (Å²) in [6.07, 6.45) is 4.27. The number of benzene rings is 2. The molecule has 0 spiro atoms. The van der Waals surface area contributed by atoms with Crippen LogP contribution in [0.1, 0.15) is 12.5 Å². The molecule has 2 nitrogen and oxygen atoms in total. The van der Waals surface area contributed by atoms with Crippen LogP contribution in [0.25, 0.3) is 16.8 Å². The van der Waals surface area contributed by atoms with E-state index in [9.17, 15) is 0 Å². The van der Waals surface area contributed by atoms with Gasteiger partial charge >= 0.3 is 0 Å². The lowest BCUT2D eigenvalue weighted by atomic mass is 10.0. The van der Waals surface area contributed by atoms with Crippen LogP contribution in [0.5, 0.6) is 5.75 Å². The number of nitrogens with one attached hydrogen (secondary N) is 1. The highest BCUT2D eigenvalue weighted by Crippen LogP contribution is 2.29. The van der Waals surface area contributed by atoms with Crippen LogP contribution < -0.4 is 10.1 Å². The first-order valence-corrected chi connectivity index (χ1v) is 6.17. The van der Waals surface area contributed by atoms with Gasteiger partial charge in [-0.1, -0.05) is 42.5 Å². The van der Waals surface area contributed by atoms with E-state index in [2.05, 4.69) is 54.7 Å². The number of likely N-dealkylation sites (N-methyl/N-ethyl adjacent to an activating group) is 1. The average molecular weight is 241 g/mol. The van der Waals surface area contributed by atoms with Gasteiger partial charge in [0.25, 0.3) is 0 Å². The highest BCUT2D eigenvalue weighted by atomic mass is 16.5. The molecule has 18 heavy (non-hydrogen) atoms. The summed E-state index contributed by atoms with van der Waals surface area (Å²) in [5.41, 5.74) is 1.14. The first-order chi connectivity index (χ1) is 8.76. The Morgan fingerprint density at radius 1 is 1.17 bits per heavy atom. The van der Waals surface area contributed by atoms with Crippen LogP contribution in [-0.2, 0) is 0 Å². The van der Waals surface area contributed by atoms with E-state index < -0.39 is 0 Å². The molecule has 0 fully saturated rings. The largest absolute Gasteiger partial charge is 0.496 e. The second kappa shape index (κ2) is 5.69. The molecular formula is C16H19NO. The van der Waals surface area contributed by atoms with Crippen molar-refractivity contribution >= 4 is 16.8 Å². The molecule has 0 aromatic heterocycles. The van der Waals surface area contributed by atoms with Crippen LogP contribution in [0.15, 0.2) is 42.5 Å². The summed E-state index contributed by atoms with van der Waals surface area (Å²) >= 11 is 0. The van der Waals surface area contributed by atoms with E-state index in [1.807, 2.05) is 13.1 Å². The Morgan fingerprint density at radius 2 is 1.94 bits per heavy atom. The molecule has 1 unspecified atom stereocenters. The first-order valence-electron chi connectivity index (χ1n) is 6.17. The second-order valence-electron chi connectivity index (χ2n) is 4.34. The van der Waals surface area contributed by atoms with Crippen molar-refractivity contribution in [2.75, 3.05) is 14.2 Å². The normalized spacial score (nSPS) is 13.1. The molecular weight excluding hydrogens is 222 g/mol. The molecule has 0 aliphatic rings. The van der Waals surface area contributed by atoms with E-state index in [0.717, 1.165) is 11.3 Å². The highest BCUT2D eigenvalue weighted by molar-refractivity contribution is 5.93. The Labute approximate surface area is 108 Å². The predicted octanol–water partition coefficient (Wildman–Crippen LogP) is 3.47. The van der Waals surface area contributed by atoms with Crippen LogP contribution in [0.2, 0.25) is 0 Å². The Hall–Kier alpha value is -1.80. The van der Waals surface area contributed by atoms with E-state index in [4.69, 9.17) is 4.74 Å². The Bertz CT molecular complexity index is 560. The van der Waals surface area contributed by atoms with Gasteiger partial charge in [0.05, 0.1) is 7.11 Å². The maximum atomic E-state index is 5.45. The van der Waals surface area contributed by atoms with Crippen molar-refractivity contribution in [2.24, 2.45) is 0 Å². The number of methoxy groups -OCH3 is 1. The molecule has 0 saturated heterocycles. The molecule has 1 atom stereocenters. The zero-order valence-electron chi connectivity index (χ0n) is 11.1. The molecule has 0 aliphatic heterocycles. The lowest BCUT2D eigenvalue weighted by Crippen LogP contribution is -2.17. The monoisotopic (exact) mass is 241 g/mol. The van der Waals surface area contributed by atoms with Crippen LogP contribution in [0, 0.1) is 0 Å². The van der Waals surface area contributed by atoms with E-state index >= 15 is 0 Å². The molecule has 94 valence electrons. The van der Waals surface area contributed by atoms with Gasteiger partial charge in [0.1, 0.15) is 5.75 Å². The minimum atomic E-state index is 0.341. The summed E-state index contributed by atoms with van der Waals surface area (Å²) in [6.45, 7) is 2.12. The maximum Gasteiger partial charge on any atom is 0.126 e. The molecule has 0 heterocycles. The summed E-state index contributed by atoms with van der Waals surface area (Å²) in [6, 6.07) is 12.8. The van der Waals surface area contributed by atoms with Crippen LogP contribution in [-0.4, -0.2) is 20.2 Å². The highest BCUT2D eigenvalue weighted by Gasteiger charge is 2.05. The van der Waals surface area contributed by atoms with Crippen molar-refractivity contribution in [3.63, 3.8) is 0 Å². The van der Waals surface area contributed by atoms with Gasteiger partial charge in [0, 0.05) is 11.6 Å².